The number of benzene rings is 1. The highest BCUT2D eigenvalue weighted by Gasteiger charge is 2.06. The summed E-state index contributed by atoms with van der Waals surface area (Å²) in [6, 6.07) is 9.94. The third-order valence-corrected chi connectivity index (χ3v) is 6.53. The second-order valence-corrected chi connectivity index (χ2v) is 9.08. The van der Waals surface area contributed by atoms with Crippen molar-refractivity contribution in [3.63, 3.8) is 0 Å². The van der Waals surface area contributed by atoms with E-state index in [4.69, 9.17) is 0 Å². The lowest BCUT2D eigenvalue weighted by atomic mass is 10.2. The molecule has 0 atom stereocenters. The Bertz CT molecular complexity index is 758. The molecule has 1 aromatic carbocycles. The van der Waals surface area contributed by atoms with Crippen molar-refractivity contribution < 1.29 is 0 Å². The van der Waals surface area contributed by atoms with Crippen molar-refractivity contribution >= 4 is 34.9 Å². The van der Waals surface area contributed by atoms with Gasteiger partial charge in [0.05, 0.1) is 6.54 Å². The molecule has 0 bridgehead atoms. The molecule has 132 valence electrons. The van der Waals surface area contributed by atoms with Crippen LogP contribution in [0.5, 0.6) is 0 Å². The molecule has 2 heterocycles. The molecule has 3 rings (SSSR count). The quantitative estimate of drug-likeness (QED) is 0.377. The van der Waals surface area contributed by atoms with E-state index < -0.39 is 0 Å². The zero-order valence-corrected chi connectivity index (χ0v) is 16.5. The maximum absolute atomic E-state index is 4.44. The van der Waals surface area contributed by atoms with Gasteiger partial charge in [0.2, 0.25) is 5.82 Å². The Hall–Kier alpha value is -1.45. The summed E-state index contributed by atoms with van der Waals surface area (Å²) in [6.45, 7) is 2.94. The van der Waals surface area contributed by atoms with Gasteiger partial charge in [0.15, 0.2) is 8.68 Å². The molecule has 0 fully saturated rings. The molecule has 3 aromatic rings. The van der Waals surface area contributed by atoms with E-state index in [2.05, 4.69) is 32.5 Å². The van der Waals surface area contributed by atoms with Gasteiger partial charge < -0.3 is 0 Å². The van der Waals surface area contributed by atoms with Crippen LogP contribution < -0.4 is 0 Å². The van der Waals surface area contributed by atoms with Crippen molar-refractivity contribution in [2.45, 2.75) is 41.4 Å². The maximum Gasteiger partial charge on any atom is 0.204 e. The third-order valence-electron chi connectivity index (χ3n) is 3.37. The van der Waals surface area contributed by atoms with E-state index >= 15 is 0 Å². The van der Waals surface area contributed by atoms with E-state index in [1.54, 1.807) is 39.7 Å². The molecule has 0 unspecified atom stereocenters. The lowest BCUT2D eigenvalue weighted by Gasteiger charge is -1.99. The van der Waals surface area contributed by atoms with Gasteiger partial charge in [0.1, 0.15) is 0 Å². The monoisotopic (exact) mass is 392 g/mol. The summed E-state index contributed by atoms with van der Waals surface area (Å²) in [4.78, 5) is 1.69. The summed E-state index contributed by atoms with van der Waals surface area (Å²) >= 11 is 5.24. The van der Waals surface area contributed by atoms with Crippen LogP contribution in [0.4, 0.5) is 0 Å². The largest absolute Gasteiger partial charge is 0.204 e. The minimum absolute atomic E-state index is 0.688. The van der Waals surface area contributed by atoms with E-state index in [-0.39, 0.29) is 0 Å². The number of unbranched alkanes of at least 4 members (excludes halogenated alkanes) is 2. The van der Waals surface area contributed by atoms with Crippen LogP contribution >= 0.6 is 34.9 Å². The number of hydrogen-bond donors (Lipinski definition) is 0. The maximum atomic E-state index is 4.44. The van der Waals surface area contributed by atoms with Crippen LogP contribution in [-0.4, -0.2) is 41.9 Å². The summed E-state index contributed by atoms with van der Waals surface area (Å²) < 4.78 is 2.14. The minimum Gasteiger partial charge on any atom is -0.164 e. The van der Waals surface area contributed by atoms with Crippen LogP contribution in [0.15, 0.2) is 39.0 Å². The average Bonchev–Trinajstić information content (AvgIpc) is 3.29. The fourth-order valence-corrected chi connectivity index (χ4v) is 5.16. The van der Waals surface area contributed by atoms with E-state index in [0.717, 1.165) is 51.6 Å². The van der Waals surface area contributed by atoms with Gasteiger partial charge in [-0.05, 0) is 23.8 Å². The van der Waals surface area contributed by atoms with Crippen LogP contribution in [0.25, 0.3) is 11.4 Å². The Labute approximate surface area is 159 Å². The van der Waals surface area contributed by atoms with Gasteiger partial charge in [-0.1, -0.05) is 78.5 Å². The summed E-state index contributed by atoms with van der Waals surface area (Å²) in [7, 11) is 0. The number of aryl methyl sites for hydroxylation is 1. The molecule has 0 N–H and O–H groups in total. The van der Waals surface area contributed by atoms with Crippen molar-refractivity contribution in [1.82, 2.24) is 30.4 Å². The number of thioether (sulfide) groups is 2. The zero-order valence-electron chi connectivity index (χ0n) is 14.0. The predicted octanol–water partition coefficient (Wildman–Crippen LogP) is 4.27. The molecule has 0 saturated carbocycles. The number of tetrazole rings is 1. The van der Waals surface area contributed by atoms with Gasteiger partial charge >= 0.3 is 0 Å². The van der Waals surface area contributed by atoms with Crippen LogP contribution in [0.3, 0.4) is 0 Å². The third kappa shape index (κ3) is 5.79. The number of hydrogen-bond acceptors (Lipinski definition) is 8. The lowest BCUT2D eigenvalue weighted by molar-refractivity contribution is 0.487. The van der Waals surface area contributed by atoms with Crippen molar-refractivity contribution in [2.75, 3.05) is 11.5 Å². The molecular weight excluding hydrogens is 372 g/mol. The van der Waals surface area contributed by atoms with Gasteiger partial charge in [-0.2, -0.15) is 4.80 Å². The first kappa shape index (κ1) is 18.3. The first-order chi connectivity index (χ1) is 12.3. The number of rotatable bonds is 10. The van der Waals surface area contributed by atoms with Gasteiger partial charge in [0.25, 0.3) is 0 Å². The molecule has 2 aromatic heterocycles. The number of aromatic nitrogens is 6. The second-order valence-electron chi connectivity index (χ2n) is 5.25. The molecule has 0 aliphatic carbocycles. The molecule has 6 nitrogen and oxygen atoms in total. The van der Waals surface area contributed by atoms with Crippen LogP contribution in [0.2, 0.25) is 0 Å². The highest BCUT2D eigenvalue weighted by atomic mass is 32.2. The van der Waals surface area contributed by atoms with E-state index in [1.165, 1.54) is 0 Å². The molecule has 0 aliphatic heterocycles. The normalized spacial score (nSPS) is 11.1. The van der Waals surface area contributed by atoms with Crippen LogP contribution in [-0.2, 0) is 6.54 Å². The van der Waals surface area contributed by atoms with Crippen LogP contribution in [0.1, 0.15) is 26.2 Å². The van der Waals surface area contributed by atoms with Gasteiger partial charge in [-0.25, -0.2) is 0 Å². The molecule has 9 heteroatoms. The lowest BCUT2D eigenvalue weighted by Crippen LogP contribution is -2.02. The van der Waals surface area contributed by atoms with Crippen molar-refractivity contribution in [2.24, 2.45) is 0 Å². The van der Waals surface area contributed by atoms with Crippen molar-refractivity contribution in [1.29, 1.82) is 0 Å². The minimum atomic E-state index is 0.688. The van der Waals surface area contributed by atoms with Gasteiger partial charge in [0, 0.05) is 11.3 Å². The first-order valence-electron chi connectivity index (χ1n) is 8.27. The first-order valence-corrected chi connectivity index (χ1v) is 11.1. The van der Waals surface area contributed by atoms with E-state index in [9.17, 15) is 0 Å². The molecule has 0 amide bonds. The fourth-order valence-electron chi connectivity index (χ4n) is 2.17. The van der Waals surface area contributed by atoms with Crippen LogP contribution in [0, 0.1) is 0 Å². The Balaban J connectivity index is 1.33. The highest BCUT2D eigenvalue weighted by molar-refractivity contribution is 8.03. The topological polar surface area (TPSA) is 69.4 Å². The molecule has 0 saturated heterocycles. The van der Waals surface area contributed by atoms with Gasteiger partial charge in [-0.15, -0.1) is 20.4 Å². The summed E-state index contributed by atoms with van der Waals surface area (Å²) in [5.41, 5.74) is 1.00. The highest BCUT2D eigenvalue weighted by Crippen LogP contribution is 2.29. The molecular formula is C16H20N6S3. The summed E-state index contributed by atoms with van der Waals surface area (Å²) in [6.07, 6.45) is 3.35. The summed E-state index contributed by atoms with van der Waals surface area (Å²) in [5.74, 6) is 2.81. The van der Waals surface area contributed by atoms with Crippen molar-refractivity contribution in [3.8, 4) is 11.4 Å². The SMILES string of the molecule is CCSc1nnc(SCCCCCn2nnc(-c3ccccc3)n2)s1. The fraction of sp³-hybridized carbons (Fsp3) is 0.438. The Morgan fingerprint density at radius 1 is 0.960 bits per heavy atom. The Kier molecular flexibility index (Phi) is 7.25. The van der Waals surface area contributed by atoms with Crippen molar-refractivity contribution in [3.05, 3.63) is 30.3 Å². The molecule has 0 spiro atoms. The number of nitrogens with zero attached hydrogens (tertiary/aromatic N) is 6. The standard InChI is InChI=1S/C16H20N6S3/c1-2-23-15-18-19-16(25-15)24-12-8-4-7-11-22-20-14(17-21-22)13-9-5-3-6-10-13/h3,5-6,9-10H,2,4,7-8,11-12H2,1H3. The molecule has 0 aliphatic rings. The summed E-state index contributed by atoms with van der Waals surface area (Å²) in [5, 5.41) is 21.1. The Morgan fingerprint density at radius 2 is 1.76 bits per heavy atom. The zero-order chi connectivity index (χ0) is 17.3. The molecule has 25 heavy (non-hydrogen) atoms. The second kappa shape index (κ2) is 9.88. The van der Waals surface area contributed by atoms with E-state index in [1.807, 2.05) is 30.3 Å². The predicted molar refractivity (Wildman–Crippen MR) is 104 cm³/mol. The molecule has 0 radical (unpaired) electrons. The smallest absolute Gasteiger partial charge is 0.164 e. The van der Waals surface area contributed by atoms with Gasteiger partial charge in [-0.3, -0.25) is 0 Å². The van der Waals surface area contributed by atoms with E-state index in [0.29, 0.717) is 5.82 Å². The average molecular weight is 393 g/mol. The Morgan fingerprint density at radius 3 is 2.56 bits per heavy atom.